The Kier molecular flexibility index (Phi) is 4.73. The molecule has 0 atom stereocenters. The van der Waals surface area contributed by atoms with E-state index >= 15 is 0 Å². The van der Waals surface area contributed by atoms with Crippen LogP contribution in [0.25, 0.3) is 11.1 Å². The fraction of sp³-hybridized carbons (Fsp3) is 0.565. The summed E-state index contributed by atoms with van der Waals surface area (Å²) in [6.45, 7) is 4.47. The minimum atomic E-state index is 0.300. The normalized spacial score (nSPS) is 19.9. The van der Waals surface area contributed by atoms with E-state index in [2.05, 4.69) is 24.9 Å². The van der Waals surface area contributed by atoms with Gasteiger partial charge in [0.05, 0.1) is 11.9 Å². The van der Waals surface area contributed by atoms with Gasteiger partial charge in [-0.15, -0.1) is 0 Å². The zero-order valence-corrected chi connectivity index (χ0v) is 16.2. The Labute approximate surface area is 157 Å². The van der Waals surface area contributed by atoms with Crippen molar-refractivity contribution in [2.45, 2.75) is 77.0 Å². The second kappa shape index (κ2) is 7.02. The topological polar surface area (TPSA) is 51.8 Å². The number of hydrogen-bond donors (Lipinski definition) is 1. The van der Waals surface area contributed by atoms with Gasteiger partial charge in [0, 0.05) is 28.7 Å². The van der Waals surface area contributed by atoms with E-state index in [1.54, 1.807) is 6.20 Å². The third-order valence-electron chi connectivity index (χ3n) is 6.70. The Balaban J connectivity index is 1.72. The largest absolute Gasteiger partial charge is 0.397 e. The molecule has 2 saturated carbocycles. The van der Waals surface area contributed by atoms with Crippen molar-refractivity contribution in [2.24, 2.45) is 5.92 Å². The fourth-order valence-electron chi connectivity index (χ4n) is 4.81. The molecule has 0 spiro atoms. The van der Waals surface area contributed by atoms with Crippen LogP contribution in [0.1, 0.15) is 75.2 Å². The number of anilines is 1. The third-order valence-corrected chi connectivity index (χ3v) is 6.70. The molecule has 2 fully saturated rings. The van der Waals surface area contributed by atoms with Gasteiger partial charge in [-0.25, -0.2) is 0 Å². The number of nitrogen functional groups attached to an aromatic ring is 1. The zero-order valence-electron chi connectivity index (χ0n) is 16.2. The van der Waals surface area contributed by atoms with E-state index in [9.17, 15) is 0 Å². The van der Waals surface area contributed by atoms with Crippen LogP contribution in [0.3, 0.4) is 0 Å². The van der Waals surface area contributed by atoms with Crippen LogP contribution in [0.2, 0.25) is 0 Å². The van der Waals surface area contributed by atoms with Crippen molar-refractivity contribution in [1.82, 2.24) is 9.97 Å². The van der Waals surface area contributed by atoms with Gasteiger partial charge in [0.2, 0.25) is 0 Å². The van der Waals surface area contributed by atoms with Crippen molar-refractivity contribution in [1.29, 1.82) is 0 Å². The van der Waals surface area contributed by atoms with Crippen LogP contribution < -0.4 is 5.73 Å². The lowest BCUT2D eigenvalue weighted by atomic mass is 9.64. The molecule has 0 amide bonds. The minimum absolute atomic E-state index is 0.300. The van der Waals surface area contributed by atoms with Gasteiger partial charge in [0.15, 0.2) is 0 Å². The minimum Gasteiger partial charge on any atom is -0.397 e. The first-order valence-electron chi connectivity index (χ1n) is 10.3. The Morgan fingerprint density at radius 1 is 1.04 bits per heavy atom. The Morgan fingerprint density at radius 2 is 1.81 bits per heavy atom. The zero-order chi connectivity index (χ0) is 18.1. The maximum Gasteiger partial charge on any atom is 0.0507 e. The summed E-state index contributed by atoms with van der Waals surface area (Å²) in [4.78, 5) is 9.44. The van der Waals surface area contributed by atoms with E-state index < -0.39 is 0 Å². The van der Waals surface area contributed by atoms with Gasteiger partial charge in [-0.05, 0) is 55.2 Å². The molecule has 3 nitrogen and oxygen atoms in total. The maximum absolute atomic E-state index is 6.00. The molecular weight excluding hydrogens is 318 g/mol. The summed E-state index contributed by atoms with van der Waals surface area (Å²) in [5.74, 6) is 0.820. The average Bonchev–Trinajstić information content (AvgIpc) is 2.63. The predicted octanol–water partition coefficient (Wildman–Crippen LogP) is 5.60. The lowest BCUT2D eigenvalue weighted by Gasteiger charge is -2.40. The number of nitrogens with two attached hydrogens (primary N) is 1. The van der Waals surface area contributed by atoms with Crippen LogP contribution in [0.4, 0.5) is 5.69 Å². The molecule has 26 heavy (non-hydrogen) atoms. The second-order valence-electron chi connectivity index (χ2n) is 8.74. The summed E-state index contributed by atoms with van der Waals surface area (Å²) < 4.78 is 0. The summed E-state index contributed by atoms with van der Waals surface area (Å²) in [7, 11) is 0. The van der Waals surface area contributed by atoms with Gasteiger partial charge in [0.1, 0.15) is 0 Å². The molecule has 138 valence electrons. The predicted molar refractivity (Wildman–Crippen MR) is 108 cm³/mol. The van der Waals surface area contributed by atoms with Crippen LogP contribution in [0, 0.1) is 12.8 Å². The molecule has 2 N–H and O–H groups in total. The lowest BCUT2D eigenvalue weighted by molar-refractivity contribution is 0.266. The Hall–Kier alpha value is -1.90. The molecule has 0 saturated heterocycles. The van der Waals surface area contributed by atoms with Gasteiger partial charge in [0.25, 0.3) is 0 Å². The summed E-state index contributed by atoms with van der Waals surface area (Å²) in [6, 6.07) is 4.43. The molecule has 2 aromatic heterocycles. The van der Waals surface area contributed by atoms with Gasteiger partial charge >= 0.3 is 0 Å². The van der Waals surface area contributed by atoms with Gasteiger partial charge in [-0.2, -0.15) is 0 Å². The van der Waals surface area contributed by atoms with E-state index in [0.29, 0.717) is 11.1 Å². The molecule has 0 radical (unpaired) electrons. The summed E-state index contributed by atoms with van der Waals surface area (Å²) in [5, 5.41) is 0. The first kappa shape index (κ1) is 17.5. The number of aromatic nitrogens is 2. The van der Waals surface area contributed by atoms with E-state index in [1.807, 2.05) is 12.3 Å². The van der Waals surface area contributed by atoms with E-state index in [4.69, 9.17) is 10.7 Å². The number of pyridine rings is 2. The molecule has 0 aromatic carbocycles. The monoisotopic (exact) mass is 349 g/mol. The molecule has 4 rings (SSSR count). The SMILES string of the molecule is Cc1ncc(N)cc1-c1cnc(CC2CCCCC2)c(C2(C)CCC2)c1. The molecule has 2 aliphatic rings. The van der Waals surface area contributed by atoms with Crippen molar-refractivity contribution in [2.75, 3.05) is 5.73 Å². The number of rotatable bonds is 4. The van der Waals surface area contributed by atoms with Gasteiger partial charge in [-0.1, -0.05) is 45.4 Å². The lowest BCUT2D eigenvalue weighted by Crippen LogP contribution is -2.32. The van der Waals surface area contributed by atoms with Crippen molar-refractivity contribution in [3.8, 4) is 11.1 Å². The van der Waals surface area contributed by atoms with Crippen LogP contribution in [-0.2, 0) is 11.8 Å². The average molecular weight is 350 g/mol. The maximum atomic E-state index is 6.00. The molecular formula is C23H31N3. The molecule has 2 aromatic rings. The van der Waals surface area contributed by atoms with Crippen molar-refractivity contribution in [3.05, 3.63) is 41.5 Å². The fourth-order valence-corrected chi connectivity index (χ4v) is 4.81. The Morgan fingerprint density at radius 3 is 2.50 bits per heavy atom. The highest BCUT2D eigenvalue weighted by atomic mass is 14.7. The van der Waals surface area contributed by atoms with Crippen molar-refractivity contribution >= 4 is 5.69 Å². The molecule has 0 bridgehead atoms. The van der Waals surface area contributed by atoms with E-state index in [-0.39, 0.29) is 0 Å². The standard InChI is InChI=1S/C23H31N3/c1-16-20(13-19(24)15-25-16)18-12-21(23(2)9-6-10-23)22(26-14-18)11-17-7-4-3-5-8-17/h12-15,17H,3-11,24H2,1-2H3. The molecule has 0 unspecified atom stereocenters. The number of hydrogen-bond acceptors (Lipinski definition) is 3. The summed E-state index contributed by atoms with van der Waals surface area (Å²) >= 11 is 0. The van der Waals surface area contributed by atoms with Crippen LogP contribution in [-0.4, -0.2) is 9.97 Å². The number of aryl methyl sites for hydroxylation is 1. The van der Waals surface area contributed by atoms with Crippen LogP contribution in [0.5, 0.6) is 0 Å². The van der Waals surface area contributed by atoms with Crippen LogP contribution >= 0.6 is 0 Å². The first-order chi connectivity index (χ1) is 12.5. The first-order valence-corrected chi connectivity index (χ1v) is 10.3. The molecule has 2 heterocycles. The highest BCUT2D eigenvalue weighted by molar-refractivity contribution is 5.69. The second-order valence-corrected chi connectivity index (χ2v) is 8.74. The van der Waals surface area contributed by atoms with Crippen molar-refractivity contribution in [3.63, 3.8) is 0 Å². The highest BCUT2D eigenvalue weighted by Gasteiger charge is 2.36. The molecule has 3 heteroatoms. The van der Waals surface area contributed by atoms with Crippen molar-refractivity contribution < 1.29 is 0 Å². The van der Waals surface area contributed by atoms with Gasteiger partial charge in [-0.3, -0.25) is 9.97 Å². The quantitative estimate of drug-likeness (QED) is 0.782. The molecule has 2 aliphatic carbocycles. The van der Waals surface area contributed by atoms with Gasteiger partial charge < -0.3 is 5.73 Å². The third kappa shape index (κ3) is 3.36. The Bertz CT molecular complexity index is 786. The smallest absolute Gasteiger partial charge is 0.0507 e. The van der Waals surface area contributed by atoms with Crippen LogP contribution in [0.15, 0.2) is 24.5 Å². The molecule has 0 aliphatic heterocycles. The highest BCUT2D eigenvalue weighted by Crippen LogP contribution is 2.46. The van der Waals surface area contributed by atoms with E-state index in [1.165, 1.54) is 62.6 Å². The van der Waals surface area contributed by atoms with E-state index in [0.717, 1.165) is 29.2 Å². The summed E-state index contributed by atoms with van der Waals surface area (Å²) in [6.07, 6.45) is 15.8. The summed E-state index contributed by atoms with van der Waals surface area (Å²) in [5.41, 5.74) is 13.1. The number of nitrogens with zero attached hydrogens (tertiary/aromatic N) is 2.